The molecule has 1 N–H and O–H groups in total. The second kappa shape index (κ2) is 9.13. The first-order valence-electron chi connectivity index (χ1n) is 10.1. The van der Waals surface area contributed by atoms with E-state index in [-0.39, 0.29) is 5.82 Å². The van der Waals surface area contributed by atoms with Crippen LogP contribution in [-0.4, -0.2) is 24.0 Å². The Balaban J connectivity index is 1.40. The molecule has 1 aliphatic rings. The van der Waals surface area contributed by atoms with Crippen LogP contribution >= 0.6 is 0 Å². The van der Waals surface area contributed by atoms with E-state index in [1.807, 2.05) is 12.1 Å². The maximum atomic E-state index is 13.8. The van der Waals surface area contributed by atoms with Crippen LogP contribution < -0.4 is 5.32 Å². The molecule has 28 heavy (non-hydrogen) atoms. The van der Waals surface area contributed by atoms with Crippen LogP contribution in [0.1, 0.15) is 22.3 Å². The average molecular weight is 375 g/mol. The van der Waals surface area contributed by atoms with Gasteiger partial charge in [0.15, 0.2) is 0 Å². The van der Waals surface area contributed by atoms with Crippen molar-refractivity contribution >= 4 is 0 Å². The minimum absolute atomic E-state index is 0.135. The van der Waals surface area contributed by atoms with Gasteiger partial charge in [0.1, 0.15) is 5.82 Å². The Morgan fingerprint density at radius 1 is 0.857 bits per heavy atom. The number of nitrogens with one attached hydrogen (secondary N) is 1. The normalized spacial score (nSPS) is 16.7. The molecule has 3 aromatic rings. The van der Waals surface area contributed by atoms with E-state index in [4.69, 9.17) is 0 Å². The summed E-state index contributed by atoms with van der Waals surface area (Å²) in [5.74, 6) is -0.135. The van der Waals surface area contributed by atoms with Gasteiger partial charge in [-0.2, -0.15) is 0 Å². The van der Waals surface area contributed by atoms with E-state index in [9.17, 15) is 4.39 Å². The Labute approximate surface area is 167 Å². The van der Waals surface area contributed by atoms with Crippen molar-refractivity contribution in [1.82, 2.24) is 10.2 Å². The third-order valence-electron chi connectivity index (χ3n) is 5.63. The highest BCUT2D eigenvalue weighted by atomic mass is 19.1. The molecule has 0 aromatic heterocycles. The number of hydrogen-bond donors (Lipinski definition) is 1. The summed E-state index contributed by atoms with van der Waals surface area (Å²) < 4.78 is 13.8. The van der Waals surface area contributed by atoms with Crippen molar-refractivity contribution in [2.75, 3.05) is 13.1 Å². The molecule has 1 atom stereocenters. The first kappa shape index (κ1) is 18.9. The van der Waals surface area contributed by atoms with Crippen LogP contribution in [0.4, 0.5) is 4.39 Å². The zero-order valence-electron chi connectivity index (χ0n) is 16.2. The highest BCUT2D eigenvalue weighted by Gasteiger charge is 2.25. The van der Waals surface area contributed by atoms with Crippen LogP contribution in [0.25, 0.3) is 0 Å². The molecule has 4 rings (SSSR count). The minimum atomic E-state index is -0.135. The lowest BCUT2D eigenvalue weighted by Gasteiger charge is -2.37. The third-order valence-corrected chi connectivity index (χ3v) is 5.63. The van der Waals surface area contributed by atoms with E-state index in [0.29, 0.717) is 12.6 Å². The molecule has 3 heteroatoms. The highest BCUT2D eigenvalue weighted by Crippen LogP contribution is 2.25. The molecule has 2 nitrogen and oxygen atoms in total. The van der Waals surface area contributed by atoms with Gasteiger partial charge in [0.25, 0.3) is 0 Å². The molecule has 0 bridgehead atoms. The van der Waals surface area contributed by atoms with Gasteiger partial charge in [-0.1, -0.05) is 72.8 Å². The maximum Gasteiger partial charge on any atom is 0.127 e. The fourth-order valence-corrected chi connectivity index (χ4v) is 4.08. The molecule has 3 aromatic carbocycles. The Hall–Kier alpha value is -2.49. The lowest BCUT2D eigenvalue weighted by molar-refractivity contribution is 0.170. The van der Waals surface area contributed by atoms with E-state index < -0.39 is 0 Å². The first-order valence-corrected chi connectivity index (χ1v) is 10.1. The Bertz CT molecular complexity index is 894. The second-order valence-corrected chi connectivity index (χ2v) is 7.56. The number of rotatable bonds is 7. The van der Waals surface area contributed by atoms with Gasteiger partial charge in [0.05, 0.1) is 0 Å². The van der Waals surface area contributed by atoms with Gasteiger partial charge in [0.2, 0.25) is 0 Å². The molecule has 1 unspecified atom stereocenters. The molecule has 0 amide bonds. The van der Waals surface area contributed by atoms with E-state index in [2.05, 4.69) is 64.8 Å². The van der Waals surface area contributed by atoms with Crippen molar-refractivity contribution < 1.29 is 4.39 Å². The van der Waals surface area contributed by atoms with Gasteiger partial charge in [-0.15, -0.1) is 0 Å². The lowest BCUT2D eigenvalue weighted by atomic mass is 9.90. The van der Waals surface area contributed by atoms with Gasteiger partial charge in [-0.3, -0.25) is 4.90 Å². The molecule has 0 radical (unpaired) electrons. The molecule has 1 aliphatic heterocycles. The van der Waals surface area contributed by atoms with E-state index in [1.54, 1.807) is 6.07 Å². The van der Waals surface area contributed by atoms with Crippen molar-refractivity contribution in [3.8, 4) is 0 Å². The maximum absolute atomic E-state index is 13.8. The summed E-state index contributed by atoms with van der Waals surface area (Å²) in [5.41, 5.74) is 5.02. The monoisotopic (exact) mass is 374 g/mol. The van der Waals surface area contributed by atoms with Crippen LogP contribution in [0.5, 0.6) is 0 Å². The second-order valence-electron chi connectivity index (χ2n) is 7.56. The quantitative estimate of drug-likeness (QED) is 0.609. The zero-order valence-corrected chi connectivity index (χ0v) is 16.2. The summed E-state index contributed by atoms with van der Waals surface area (Å²) in [4.78, 5) is 2.57. The molecule has 0 spiro atoms. The number of nitrogens with zero attached hydrogens (tertiary/aromatic N) is 1. The largest absolute Gasteiger partial charge is 0.311 e. The van der Waals surface area contributed by atoms with Crippen molar-refractivity contribution in [3.05, 3.63) is 107 Å². The lowest BCUT2D eigenvalue weighted by Crippen LogP contribution is -2.44. The van der Waals surface area contributed by atoms with Crippen molar-refractivity contribution in [2.24, 2.45) is 0 Å². The number of fused-ring (bicyclic) bond motifs is 1. The van der Waals surface area contributed by atoms with Gasteiger partial charge < -0.3 is 5.32 Å². The van der Waals surface area contributed by atoms with Crippen molar-refractivity contribution in [3.63, 3.8) is 0 Å². The highest BCUT2D eigenvalue weighted by molar-refractivity contribution is 5.31. The standard InChI is InChI=1S/C25H27FN2/c26-25-13-7-6-11-22(25)18-27-14-15-28-19-23-12-5-4-10-21(23)17-24(28)16-20-8-2-1-3-9-20/h1-13,24,27H,14-19H2. The molecular weight excluding hydrogens is 347 g/mol. The summed E-state index contributed by atoms with van der Waals surface area (Å²) in [7, 11) is 0. The topological polar surface area (TPSA) is 15.3 Å². The molecule has 0 fully saturated rings. The predicted molar refractivity (Wildman–Crippen MR) is 113 cm³/mol. The van der Waals surface area contributed by atoms with Crippen LogP contribution in [0.2, 0.25) is 0 Å². The van der Waals surface area contributed by atoms with Crippen molar-refractivity contribution in [1.29, 1.82) is 0 Å². The Morgan fingerprint density at radius 3 is 2.39 bits per heavy atom. The van der Waals surface area contributed by atoms with Crippen molar-refractivity contribution in [2.45, 2.75) is 32.0 Å². The molecule has 0 aliphatic carbocycles. The van der Waals surface area contributed by atoms with E-state index in [1.165, 1.54) is 22.8 Å². The van der Waals surface area contributed by atoms with E-state index >= 15 is 0 Å². The van der Waals surface area contributed by atoms with Crippen LogP contribution in [0.15, 0.2) is 78.9 Å². The Kier molecular flexibility index (Phi) is 6.15. The van der Waals surface area contributed by atoms with Gasteiger partial charge in [0, 0.05) is 37.8 Å². The smallest absolute Gasteiger partial charge is 0.127 e. The molecule has 144 valence electrons. The van der Waals surface area contributed by atoms with E-state index in [0.717, 1.165) is 38.0 Å². The molecule has 1 heterocycles. The zero-order chi connectivity index (χ0) is 19.2. The van der Waals surface area contributed by atoms with Crippen LogP contribution in [0.3, 0.4) is 0 Å². The van der Waals surface area contributed by atoms with Gasteiger partial charge in [-0.05, 0) is 35.6 Å². The molecule has 0 saturated carbocycles. The Morgan fingerprint density at radius 2 is 1.57 bits per heavy atom. The van der Waals surface area contributed by atoms with Crippen LogP contribution in [-0.2, 0) is 25.9 Å². The summed E-state index contributed by atoms with van der Waals surface area (Å²) >= 11 is 0. The fraction of sp³-hybridized carbons (Fsp3) is 0.280. The summed E-state index contributed by atoms with van der Waals surface area (Å²) in [5, 5.41) is 3.42. The fourth-order valence-electron chi connectivity index (χ4n) is 4.08. The number of benzene rings is 3. The minimum Gasteiger partial charge on any atom is -0.311 e. The van der Waals surface area contributed by atoms with Crippen LogP contribution in [0, 0.1) is 5.82 Å². The first-order chi connectivity index (χ1) is 13.8. The predicted octanol–water partition coefficient (Wildman–Crippen LogP) is 4.58. The average Bonchev–Trinajstić information content (AvgIpc) is 2.73. The summed E-state index contributed by atoms with van der Waals surface area (Å²) in [6, 6.07) is 27.0. The molecular formula is C25H27FN2. The number of hydrogen-bond acceptors (Lipinski definition) is 2. The number of halogens is 1. The molecule has 0 saturated heterocycles. The van der Waals surface area contributed by atoms with Gasteiger partial charge in [-0.25, -0.2) is 4.39 Å². The summed E-state index contributed by atoms with van der Waals surface area (Å²) in [6.07, 6.45) is 2.14. The van der Waals surface area contributed by atoms with Gasteiger partial charge >= 0.3 is 0 Å². The SMILES string of the molecule is Fc1ccccc1CNCCN1Cc2ccccc2CC1Cc1ccccc1. The summed E-state index contributed by atoms with van der Waals surface area (Å²) in [6.45, 7) is 3.36. The third kappa shape index (κ3) is 4.67.